The molecule has 1 amide bonds. The molecule has 1 heterocycles. The van der Waals surface area contributed by atoms with Crippen LogP contribution in [0.25, 0.3) is 11.1 Å². The highest BCUT2D eigenvalue weighted by Crippen LogP contribution is 2.28. The second kappa shape index (κ2) is 7.80. The van der Waals surface area contributed by atoms with Crippen molar-refractivity contribution < 1.29 is 13.9 Å². The maximum Gasteiger partial charge on any atom is 0.257 e. The molecule has 0 bridgehead atoms. The summed E-state index contributed by atoms with van der Waals surface area (Å²) in [5, 5.41) is 3.61. The lowest BCUT2D eigenvalue weighted by atomic mass is 10.2. The van der Waals surface area contributed by atoms with Crippen molar-refractivity contribution in [2.24, 2.45) is 0 Å². The Labute approximate surface area is 154 Å². The topological polar surface area (TPSA) is 64.4 Å². The van der Waals surface area contributed by atoms with Crippen LogP contribution in [0.2, 0.25) is 5.02 Å². The number of oxazole rings is 1. The average Bonchev–Trinajstić information content (AvgIpc) is 3.01. The standard InChI is InChI=1S/C18H17ClN2O3S/c1-11(17(22)20-10-12-3-6-14(23-2)7-4-12)25-18-21-15-8-5-13(19)9-16(15)24-18/h3-9,11H,10H2,1-2H3,(H,20,22)/t11-/m0/s1. The SMILES string of the molecule is COc1ccc(CNC(=O)[C@H](C)Sc2nc3ccc(Cl)cc3o2)cc1. The van der Waals surface area contributed by atoms with Crippen LogP contribution >= 0.6 is 23.4 Å². The van der Waals surface area contributed by atoms with Crippen LogP contribution in [0.3, 0.4) is 0 Å². The molecule has 0 saturated heterocycles. The zero-order valence-corrected chi connectivity index (χ0v) is 15.4. The molecule has 0 aliphatic heterocycles. The predicted molar refractivity (Wildman–Crippen MR) is 99.2 cm³/mol. The first-order valence-electron chi connectivity index (χ1n) is 7.68. The summed E-state index contributed by atoms with van der Waals surface area (Å²) >= 11 is 7.21. The molecule has 1 atom stereocenters. The molecule has 25 heavy (non-hydrogen) atoms. The Morgan fingerprint density at radius 1 is 1.32 bits per heavy atom. The van der Waals surface area contributed by atoms with Crippen molar-refractivity contribution in [1.82, 2.24) is 10.3 Å². The molecule has 0 fully saturated rings. The van der Waals surface area contributed by atoms with Gasteiger partial charge in [0.1, 0.15) is 11.3 Å². The van der Waals surface area contributed by atoms with Crippen molar-refractivity contribution in [3.8, 4) is 5.75 Å². The van der Waals surface area contributed by atoms with Crippen molar-refractivity contribution >= 4 is 40.4 Å². The molecule has 3 aromatic rings. The molecule has 0 aliphatic carbocycles. The third-order valence-electron chi connectivity index (χ3n) is 3.60. The number of halogens is 1. The molecule has 0 spiro atoms. The number of benzene rings is 2. The first-order chi connectivity index (χ1) is 12.0. The van der Waals surface area contributed by atoms with Gasteiger partial charge in [-0.2, -0.15) is 0 Å². The van der Waals surface area contributed by atoms with Crippen LogP contribution in [0.1, 0.15) is 12.5 Å². The van der Waals surface area contributed by atoms with Gasteiger partial charge in [0, 0.05) is 17.6 Å². The molecule has 2 aromatic carbocycles. The molecule has 0 radical (unpaired) electrons. The van der Waals surface area contributed by atoms with E-state index < -0.39 is 0 Å². The molecule has 7 heteroatoms. The molecule has 0 unspecified atom stereocenters. The highest BCUT2D eigenvalue weighted by atomic mass is 35.5. The second-order valence-corrected chi connectivity index (χ2v) is 7.15. The zero-order chi connectivity index (χ0) is 17.8. The van der Waals surface area contributed by atoms with Crippen LogP contribution in [-0.4, -0.2) is 23.3 Å². The third-order valence-corrected chi connectivity index (χ3v) is 4.78. The fraction of sp³-hybridized carbons (Fsp3) is 0.222. The van der Waals surface area contributed by atoms with Gasteiger partial charge in [0.2, 0.25) is 5.91 Å². The molecule has 1 aromatic heterocycles. The predicted octanol–water partition coefficient (Wildman–Crippen LogP) is 4.29. The highest BCUT2D eigenvalue weighted by molar-refractivity contribution is 8.00. The van der Waals surface area contributed by atoms with E-state index in [1.54, 1.807) is 25.3 Å². The van der Waals surface area contributed by atoms with Gasteiger partial charge in [-0.3, -0.25) is 4.79 Å². The van der Waals surface area contributed by atoms with E-state index in [1.165, 1.54) is 11.8 Å². The molecule has 0 saturated carbocycles. The summed E-state index contributed by atoms with van der Waals surface area (Å²) in [4.78, 5) is 16.6. The first-order valence-corrected chi connectivity index (χ1v) is 8.94. The van der Waals surface area contributed by atoms with E-state index >= 15 is 0 Å². The largest absolute Gasteiger partial charge is 0.497 e. The van der Waals surface area contributed by atoms with E-state index in [1.807, 2.05) is 31.2 Å². The number of hydrogen-bond acceptors (Lipinski definition) is 5. The number of carbonyl (C=O) groups is 1. The monoisotopic (exact) mass is 376 g/mol. The number of carbonyl (C=O) groups excluding carboxylic acids is 1. The summed E-state index contributed by atoms with van der Waals surface area (Å²) in [6, 6.07) is 12.8. The van der Waals surface area contributed by atoms with E-state index in [0.717, 1.165) is 16.8 Å². The quantitative estimate of drug-likeness (QED) is 0.650. The maximum atomic E-state index is 12.3. The number of methoxy groups -OCH3 is 1. The lowest BCUT2D eigenvalue weighted by molar-refractivity contribution is -0.120. The Kier molecular flexibility index (Phi) is 5.50. The van der Waals surface area contributed by atoms with Gasteiger partial charge >= 0.3 is 0 Å². The van der Waals surface area contributed by atoms with E-state index in [-0.39, 0.29) is 11.2 Å². The smallest absolute Gasteiger partial charge is 0.257 e. The lowest BCUT2D eigenvalue weighted by Crippen LogP contribution is -2.30. The lowest BCUT2D eigenvalue weighted by Gasteiger charge is -2.10. The van der Waals surface area contributed by atoms with Gasteiger partial charge in [0.15, 0.2) is 5.58 Å². The third kappa shape index (κ3) is 4.46. The van der Waals surface area contributed by atoms with Crippen molar-refractivity contribution in [3.05, 3.63) is 53.1 Å². The Balaban J connectivity index is 1.57. The van der Waals surface area contributed by atoms with Crippen LogP contribution in [-0.2, 0) is 11.3 Å². The number of hydrogen-bond donors (Lipinski definition) is 1. The minimum atomic E-state index is -0.332. The number of fused-ring (bicyclic) bond motifs is 1. The molecule has 130 valence electrons. The first kappa shape index (κ1) is 17.6. The number of thioether (sulfide) groups is 1. The number of nitrogens with zero attached hydrogens (tertiary/aromatic N) is 1. The number of amides is 1. The van der Waals surface area contributed by atoms with Gasteiger partial charge < -0.3 is 14.5 Å². The van der Waals surface area contributed by atoms with Gasteiger partial charge in [0.05, 0.1) is 12.4 Å². The summed E-state index contributed by atoms with van der Waals surface area (Å²) in [6.07, 6.45) is 0. The van der Waals surface area contributed by atoms with Gasteiger partial charge in [-0.25, -0.2) is 4.98 Å². The van der Waals surface area contributed by atoms with Crippen LogP contribution in [0.15, 0.2) is 52.1 Å². The van der Waals surface area contributed by atoms with Crippen LogP contribution in [0.5, 0.6) is 5.75 Å². The number of nitrogens with one attached hydrogen (secondary N) is 1. The van der Waals surface area contributed by atoms with Crippen LogP contribution in [0, 0.1) is 0 Å². The maximum absolute atomic E-state index is 12.3. The minimum Gasteiger partial charge on any atom is -0.497 e. The van der Waals surface area contributed by atoms with E-state index in [9.17, 15) is 4.79 Å². The van der Waals surface area contributed by atoms with Crippen LogP contribution < -0.4 is 10.1 Å². The molecular weight excluding hydrogens is 360 g/mol. The normalized spacial score (nSPS) is 12.1. The van der Waals surface area contributed by atoms with Crippen molar-refractivity contribution in [2.45, 2.75) is 23.9 Å². The summed E-state index contributed by atoms with van der Waals surface area (Å²) < 4.78 is 10.7. The van der Waals surface area contributed by atoms with E-state index in [0.29, 0.717) is 22.4 Å². The summed E-state index contributed by atoms with van der Waals surface area (Å²) in [5.74, 6) is 0.705. The van der Waals surface area contributed by atoms with Crippen LogP contribution in [0.4, 0.5) is 0 Å². The van der Waals surface area contributed by atoms with Crippen molar-refractivity contribution in [3.63, 3.8) is 0 Å². The van der Waals surface area contributed by atoms with Gasteiger partial charge in [-0.1, -0.05) is 35.5 Å². The molecular formula is C18H17ClN2O3S. The average molecular weight is 377 g/mol. The Bertz CT molecular complexity index is 880. The number of ether oxygens (including phenoxy) is 1. The summed E-state index contributed by atoms with van der Waals surface area (Å²) in [5.41, 5.74) is 2.33. The Morgan fingerprint density at radius 3 is 2.80 bits per heavy atom. The second-order valence-electron chi connectivity index (χ2n) is 5.42. The fourth-order valence-corrected chi connectivity index (χ4v) is 3.15. The number of aromatic nitrogens is 1. The van der Waals surface area contributed by atoms with E-state index in [2.05, 4.69) is 10.3 Å². The van der Waals surface area contributed by atoms with Gasteiger partial charge in [-0.05, 0) is 36.8 Å². The van der Waals surface area contributed by atoms with Gasteiger partial charge in [0.25, 0.3) is 5.22 Å². The molecule has 0 aliphatic rings. The summed E-state index contributed by atoms with van der Waals surface area (Å²) in [6.45, 7) is 2.27. The summed E-state index contributed by atoms with van der Waals surface area (Å²) in [7, 11) is 1.62. The van der Waals surface area contributed by atoms with E-state index in [4.69, 9.17) is 20.8 Å². The minimum absolute atomic E-state index is 0.0823. The number of rotatable bonds is 6. The van der Waals surface area contributed by atoms with Crippen molar-refractivity contribution in [1.29, 1.82) is 0 Å². The van der Waals surface area contributed by atoms with Gasteiger partial charge in [-0.15, -0.1) is 0 Å². The Hall–Kier alpha value is -2.18. The van der Waals surface area contributed by atoms with Crippen molar-refractivity contribution in [2.75, 3.05) is 7.11 Å². The molecule has 1 N–H and O–H groups in total. The molecule has 3 rings (SSSR count). The zero-order valence-electron chi connectivity index (χ0n) is 13.8. The fourth-order valence-electron chi connectivity index (χ4n) is 2.21. The highest BCUT2D eigenvalue weighted by Gasteiger charge is 2.18. The Morgan fingerprint density at radius 2 is 2.08 bits per heavy atom. The molecule has 5 nitrogen and oxygen atoms in total.